The quantitative estimate of drug-likeness (QED) is 0.219. The molecule has 0 aliphatic carbocycles. The summed E-state index contributed by atoms with van der Waals surface area (Å²) in [4.78, 5) is 0. The highest BCUT2D eigenvalue weighted by Crippen LogP contribution is 2.28. The Morgan fingerprint density at radius 1 is 0.941 bits per heavy atom. The maximum absolute atomic E-state index is 6.45. The first-order valence-electron chi connectivity index (χ1n) is 11.2. The van der Waals surface area contributed by atoms with Crippen molar-refractivity contribution in [1.82, 2.24) is 30.1 Å². The van der Waals surface area contributed by atoms with Crippen LogP contribution in [0.15, 0.2) is 84.0 Å². The van der Waals surface area contributed by atoms with Crippen LogP contribution in [0.25, 0.3) is 16.6 Å². The molecule has 0 unspecified atom stereocenters. The summed E-state index contributed by atoms with van der Waals surface area (Å²) in [6.07, 6.45) is 0. The lowest BCUT2D eigenvalue weighted by Crippen LogP contribution is -2.17. The van der Waals surface area contributed by atoms with Crippen LogP contribution in [0.4, 0.5) is 0 Å². The van der Waals surface area contributed by atoms with Crippen LogP contribution in [0.3, 0.4) is 0 Å². The van der Waals surface area contributed by atoms with Gasteiger partial charge in [0.2, 0.25) is 5.16 Å². The van der Waals surface area contributed by atoms with Gasteiger partial charge in [0.05, 0.1) is 5.69 Å². The van der Waals surface area contributed by atoms with E-state index in [4.69, 9.17) is 11.6 Å². The normalized spacial score (nSPS) is 11.4. The van der Waals surface area contributed by atoms with E-state index in [1.54, 1.807) is 16.4 Å². The molecule has 172 valence electrons. The average Bonchev–Trinajstić information content (AvgIpc) is 3.44. The largest absolute Gasteiger partial charge is 0.340 e. The summed E-state index contributed by atoms with van der Waals surface area (Å²) in [7, 11) is 0. The van der Waals surface area contributed by atoms with Gasteiger partial charge in [0.1, 0.15) is 0 Å². The highest BCUT2D eigenvalue weighted by Gasteiger charge is 2.15. The summed E-state index contributed by atoms with van der Waals surface area (Å²) < 4.78 is 4.13. The lowest BCUT2D eigenvalue weighted by molar-refractivity contribution is 0.716. The van der Waals surface area contributed by atoms with Gasteiger partial charge in [-0.25, -0.2) is 0 Å². The lowest BCUT2D eigenvalue weighted by atomic mass is 10.1. The van der Waals surface area contributed by atoms with E-state index in [2.05, 4.69) is 62.7 Å². The minimum absolute atomic E-state index is 0.754. The highest BCUT2D eigenvalue weighted by atomic mass is 35.5. The molecule has 5 rings (SSSR count). The number of fused-ring (bicyclic) bond motifs is 1. The molecule has 34 heavy (non-hydrogen) atoms. The lowest BCUT2D eigenvalue weighted by Gasteiger charge is -2.11. The molecule has 3 aromatic carbocycles. The number of benzene rings is 3. The van der Waals surface area contributed by atoms with Crippen molar-refractivity contribution in [3.8, 4) is 5.69 Å². The summed E-state index contributed by atoms with van der Waals surface area (Å²) >= 11 is 8.10. The third-order valence-electron chi connectivity index (χ3n) is 5.90. The molecule has 0 aliphatic rings. The molecule has 0 aliphatic heterocycles. The number of aromatic nitrogens is 5. The Hall–Kier alpha value is -3.13. The summed E-state index contributed by atoms with van der Waals surface area (Å²) in [6, 6.07) is 26.6. The van der Waals surface area contributed by atoms with E-state index >= 15 is 0 Å². The first-order valence-corrected chi connectivity index (χ1v) is 12.6. The van der Waals surface area contributed by atoms with E-state index in [1.165, 1.54) is 22.2 Å². The van der Waals surface area contributed by atoms with Gasteiger partial charge in [-0.3, -0.25) is 0 Å². The molecule has 2 aromatic heterocycles. The van der Waals surface area contributed by atoms with Crippen LogP contribution >= 0.6 is 23.4 Å². The maximum atomic E-state index is 6.45. The van der Waals surface area contributed by atoms with E-state index in [-0.39, 0.29) is 0 Å². The minimum atomic E-state index is 0.754. The number of hydrogen-bond acceptors (Lipinski definition) is 5. The predicted octanol–water partition coefficient (Wildman–Crippen LogP) is 5.51. The number of thioether (sulfide) groups is 1. The molecule has 6 nitrogen and oxygen atoms in total. The summed E-state index contributed by atoms with van der Waals surface area (Å²) in [5, 5.41) is 18.6. The van der Waals surface area contributed by atoms with Gasteiger partial charge in [0.15, 0.2) is 0 Å². The Kier molecular flexibility index (Phi) is 6.94. The molecule has 1 N–H and O–H groups in total. The van der Waals surface area contributed by atoms with Gasteiger partial charge in [-0.15, -0.1) is 5.10 Å². The first-order chi connectivity index (χ1) is 16.7. The van der Waals surface area contributed by atoms with Gasteiger partial charge in [0, 0.05) is 47.0 Å². The minimum Gasteiger partial charge on any atom is -0.340 e. The van der Waals surface area contributed by atoms with Crippen molar-refractivity contribution in [2.45, 2.75) is 25.2 Å². The molecule has 2 heterocycles. The van der Waals surface area contributed by atoms with Crippen LogP contribution in [0, 0.1) is 6.92 Å². The number of tetrazole rings is 1. The fourth-order valence-electron chi connectivity index (χ4n) is 4.15. The molecular formula is C26H25ClN6S. The van der Waals surface area contributed by atoms with Crippen LogP contribution in [0.1, 0.15) is 16.8 Å². The molecule has 0 saturated carbocycles. The molecule has 0 fully saturated rings. The fourth-order valence-corrected chi connectivity index (χ4v) is 5.14. The molecule has 0 radical (unpaired) electrons. The van der Waals surface area contributed by atoms with Crippen LogP contribution in [0.5, 0.6) is 0 Å². The summed E-state index contributed by atoms with van der Waals surface area (Å²) in [6.45, 7) is 4.59. The average molecular weight is 489 g/mol. The van der Waals surface area contributed by atoms with Gasteiger partial charge >= 0.3 is 0 Å². The zero-order valence-electron chi connectivity index (χ0n) is 18.9. The van der Waals surface area contributed by atoms with E-state index < -0.39 is 0 Å². The van der Waals surface area contributed by atoms with Crippen LogP contribution in [-0.4, -0.2) is 37.1 Å². The van der Waals surface area contributed by atoms with Gasteiger partial charge in [0.25, 0.3) is 0 Å². The number of rotatable bonds is 9. The maximum Gasteiger partial charge on any atom is 0.214 e. The number of nitrogens with one attached hydrogen (secondary N) is 1. The first kappa shape index (κ1) is 22.7. The van der Waals surface area contributed by atoms with Gasteiger partial charge < -0.3 is 9.88 Å². The van der Waals surface area contributed by atoms with Crippen molar-refractivity contribution in [1.29, 1.82) is 0 Å². The van der Waals surface area contributed by atoms with E-state index in [9.17, 15) is 0 Å². The second-order valence-electron chi connectivity index (χ2n) is 7.99. The van der Waals surface area contributed by atoms with Crippen molar-refractivity contribution >= 4 is 34.3 Å². The van der Waals surface area contributed by atoms with Crippen molar-refractivity contribution in [2.24, 2.45) is 0 Å². The Morgan fingerprint density at radius 3 is 2.56 bits per heavy atom. The number of para-hydroxylation sites is 2. The second-order valence-corrected chi connectivity index (χ2v) is 9.46. The van der Waals surface area contributed by atoms with E-state index in [0.717, 1.165) is 46.8 Å². The van der Waals surface area contributed by atoms with Crippen molar-refractivity contribution < 1.29 is 0 Å². The summed E-state index contributed by atoms with van der Waals surface area (Å²) in [5.41, 5.74) is 5.90. The fraction of sp³-hybridized carbons (Fsp3) is 0.192. The van der Waals surface area contributed by atoms with E-state index in [1.807, 2.05) is 48.5 Å². The number of halogens is 1. The SMILES string of the molecule is Cc1c(CNCCSc2nnnn2-c2ccccc2)c2ccccc2n1Cc1ccccc1Cl. The van der Waals surface area contributed by atoms with Crippen LogP contribution in [0.2, 0.25) is 5.02 Å². The summed E-state index contributed by atoms with van der Waals surface area (Å²) in [5.74, 6) is 0.866. The van der Waals surface area contributed by atoms with Crippen molar-refractivity contribution in [2.75, 3.05) is 12.3 Å². The smallest absolute Gasteiger partial charge is 0.214 e. The predicted molar refractivity (Wildman–Crippen MR) is 139 cm³/mol. The molecule has 0 saturated heterocycles. The van der Waals surface area contributed by atoms with Crippen LogP contribution in [-0.2, 0) is 13.1 Å². The Labute approximate surface area is 207 Å². The topological polar surface area (TPSA) is 60.6 Å². The van der Waals surface area contributed by atoms with Gasteiger partial charge in [-0.05, 0) is 52.7 Å². The molecule has 8 heteroatoms. The molecule has 0 bridgehead atoms. The van der Waals surface area contributed by atoms with Crippen LogP contribution < -0.4 is 5.32 Å². The zero-order chi connectivity index (χ0) is 23.3. The third kappa shape index (κ3) is 4.73. The van der Waals surface area contributed by atoms with Crippen molar-refractivity contribution in [3.63, 3.8) is 0 Å². The zero-order valence-corrected chi connectivity index (χ0v) is 20.4. The molecule has 0 atom stereocenters. The number of nitrogens with zero attached hydrogens (tertiary/aromatic N) is 5. The Bertz CT molecular complexity index is 1400. The third-order valence-corrected chi connectivity index (χ3v) is 7.19. The standard InChI is InChI=1S/C26H25ClN6S/c1-19-23(17-28-15-16-34-26-29-30-31-33(26)21-10-3-2-4-11-21)22-12-6-8-14-25(22)32(19)18-20-9-5-7-13-24(20)27/h2-14,28H,15-18H2,1H3. The molecule has 0 spiro atoms. The molecular weight excluding hydrogens is 464 g/mol. The monoisotopic (exact) mass is 488 g/mol. The van der Waals surface area contributed by atoms with Gasteiger partial charge in [-0.1, -0.05) is 78.0 Å². The Balaban J connectivity index is 1.25. The van der Waals surface area contributed by atoms with Crippen molar-refractivity contribution in [3.05, 3.63) is 101 Å². The van der Waals surface area contributed by atoms with E-state index in [0.29, 0.717) is 0 Å². The number of hydrogen-bond donors (Lipinski definition) is 1. The van der Waals surface area contributed by atoms with Gasteiger partial charge in [-0.2, -0.15) is 4.68 Å². The Morgan fingerprint density at radius 2 is 1.71 bits per heavy atom. The molecule has 5 aromatic rings. The highest BCUT2D eigenvalue weighted by molar-refractivity contribution is 7.99. The molecule has 0 amide bonds. The second kappa shape index (κ2) is 10.4.